The van der Waals surface area contributed by atoms with Gasteiger partial charge >= 0.3 is 0 Å². The number of aryl methyl sites for hydroxylation is 1. The Morgan fingerprint density at radius 2 is 1.73 bits per heavy atom. The number of halogens is 1. The zero-order valence-corrected chi connectivity index (χ0v) is 20.1. The number of hydrogen-bond donors (Lipinski definition) is 2. The minimum atomic E-state index is -1.10. The predicted molar refractivity (Wildman–Crippen MR) is 132 cm³/mol. The first-order valence-corrected chi connectivity index (χ1v) is 13.4. The Morgan fingerprint density at radius 1 is 1.03 bits per heavy atom. The molecule has 1 aromatic carbocycles. The maximum atomic E-state index is 12.9. The van der Waals surface area contributed by atoms with Crippen LogP contribution in [0.2, 0.25) is 5.02 Å². The number of fused-ring (bicyclic) bond motifs is 1. The summed E-state index contributed by atoms with van der Waals surface area (Å²) < 4.78 is 12.9. The Balaban J connectivity index is 1.24. The maximum absolute atomic E-state index is 12.9. The minimum Gasteiger partial charge on any atom is -0.394 e. The van der Waals surface area contributed by atoms with Crippen molar-refractivity contribution in [1.29, 1.82) is 0 Å². The standard InChI is InChI=1S/C24H28ClN5O2S/c25-18-4-6-19(7-5-18)29-11-16-13-30(14-17(16)12-29)23-26-20-3-1-10-33(32)21(20)22(27-23)28-24(15-31)8-2-9-24/h4-7,31H,1-3,8-15H2,(H,26,27,28)/t33-/m1/s1. The largest absolute Gasteiger partial charge is 0.394 e. The number of nitrogens with zero attached hydrogens (tertiary/aromatic N) is 4. The molecule has 4 aliphatic rings. The number of nitrogens with one attached hydrogen (secondary N) is 1. The molecule has 2 aromatic rings. The molecular formula is C24H28ClN5O2S. The first-order valence-electron chi connectivity index (χ1n) is 11.7. The van der Waals surface area contributed by atoms with Gasteiger partial charge in [-0.25, -0.2) is 4.98 Å². The number of hydrogen-bond acceptors (Lipinski definition) is 7. The molecule has 3 aliphatic heterocycles. The van der Waals surface area contributed by atoms with Gasteiger partial charge in [-0.1, -0.05) is 11.6 Å². The average molecular weight is 486 g/mol. The van der Waals surface area contributed by atoms with Gasteiger partial charge in [-0.3, -0.25) is 4.21 Å². The lowest BCUT2D eigenvalue weighted by atomic mass is 9.77. The zero-order valence-electron chi connectivity index (χ0n) is 18.5. The van der Waals surface area contributed by atoms with Gasteiger partial charge in [0.05, 0.1) is 28.6 Å². The number of aliphatic hydroxyl groups excluding tert-OH is 1. The van der Waals surface area contributed by atoms with E-state index in [-0.39, 0.29) is 12.1 Å². The number of benzene rings is 1. The molecule has 2 N–H and O–H groups in total. The Morgan fingerprint density at radius 3 is 2.36 bits per heavy atom. The zero-order chi connectivity index (χ0) is 22.6. The van der Waals surface area contributed by atoms with Crippen LogP contribution in [-0.4, -0.2) is 63.4 Å². The second-order valence-corrected chi connectivity index (χ2v) is 11.6. The molecule has 4 heterocycles. The molecule has 6 rings (SSSR count). The van der Waals surface area contributed by atoms with Gasteiger partial charge in [-0.15, -0.1) is 0 Å². The van der Waals surface area contributed by atoms with Crippen LogP contribution in [0, 0.1) is 0 Å². The summed E-state index contributed by atoms with van der Waals surface area (Å²) in [6, 6.07) is 8.02. The molecule has 1 aromatic heterocycles. The van der Waals surface area contributed by atoms with Crippen LogP contribution < -0.4 is 15.1 Å². The van der Waals surface area contributed by atoms with Gasteiger partial charge in [0.2, 0.25) is 5.95 Å². The molecule has 0 spiro atoms. The highest BCUT2D eigenvalue weighted by molar-refractivity contribution is 7.85. The molecule has 1 atom stereocenters. The van der Waals surface area contributed by atoms with E-state index in [0.717, 1.165) is 73.9 Å². The smallest absolute Gasteiger partial charge is 0.228 e. The summed E-state index contributed by atoms with van der Waals surface area (Å²) in [5, 5.41) is 14.2. The average Bonchev–Trinajstić information content (AvgIpc) is 3.36. The van der Waals surface area contributed by atoms with E-state index in [0.29, 0.717) is 17.5 Å². The molecule has 0 unspecified atom stereocenters. The quantitative estimate of drug-likeness (QED) is 0.629. The van der Waals surface area contributed by atoms with Crippen molar-refractivity contribution in [3.05, 3.63) is 46.1 Å². The lowest BCUT2D eigenvalue weighted by Crippen LogP contribution is -2.49. The molecule has 9 heteroatoms. The van der Waals surface area contributed by atoms with E-state index in [2.05, 4.69) is 27.2 Å². The van der Waals surface area contributed by atoms with Crippen LogP contribution in [0.4, 0.5) is 17.5 Å². The number of rotatable bonds is 5. The van der Waals surface area contributed by atoms with Gasteiger partial charge in [0.25, 0.3) is 0 Å². The normalized spacial score (nSPS) is 23.4. The van der Waals surface area contributed by atoms with Crippen LogP contribution in [-0.2, 0) is 17.2 Å². The Bertz CT molecular complexity index is 1120. The van der Waals surface area contributed by atoms with Crippen molar-refractivity contribution in [1.82, 2.24) is 9.97 Å². The molecular weight excluding hydrogens is 458 g/mol. The van der Waals surface area contributed by atoms with E-state index in [1.807, 2.05) is 12.1 Å². The van der Waals surface area contributed by atoms with E-state index in [9.17, 15) is 9.32 Å². The fourth-order valence-corrected chi connectivity index (χ4v) is 6.78. The SMILES string of the molecule is O=[S@@]1CCCc2nc(N3CC4=C(CN(c5ccc(Cl)cc5)C4)C3)nc(NC3(CO)CCC3)c21. The van der Waals surface area contributed by atoms with E-state index in [1.165, 1.54) is 16.8 Å². The van der Waals surface area contributed by atoms with Crippen LogP contribution in [0.5, 0.6) is 0 Å². The highest BCUT2D eigenvalue weighted by atomic mass is 35.5. The van der Waals surface area contributed by atoms with Crippen LogP contribution in [0.15, 0.2) is 40.3 Å². The summed E-state index contributed by atoms with van der Waals surface area (Å²) in [4.78, 5) is 15.1. The van der Waals surface area contributed by atoms with Gasteiger partial charge < -0.3 is 20.2 Å². The summed E-state index contributed by atoms with van der Waals surface area (Å²) in [6.45, 7) is 3.49. The van der Waals surface area contributed by atoms with E-state index < -0.39 is 10.8 Å². The second kappa shape index (κ2) is 8.25. The third-order valence-corrected chi connectivity index (χ3v) is 9.19. The summed E-state index contributed by atoms with van der Waals surface area (Å²) >= 11 is 6.05. The first kappa shape index (κ1) is 21.4. The monoisotopic (exact) mass is 485 g/mol. The predicted octanol–water partition coefficient (Wildman–Crippen LogP) is 3.15. The third kappa shape index (κ3) is 3.82. The highest BCUT2D eigenvalue weighted by Gasteiger charge is 2.39. The molecule has 0 saturated heterocycles. The van der Waals surface area contributed by atoms with Gasteiger partial charge in [0.1, 0.15) is 10.7 Å². The maximum Gasteiger partial charge on any atom is 0.228 e. The van der Waals surface area contributed by atoms with E-state index in [4.69, 9.17) is 21.6 Å². The van der Waals surface area contributed by atoms with Crippen LogP contribution in [0.25, 0.3) is 0 Å². The summed E-state index contributed by atoms with van der Waals surface area (Å²) in [6.07, 6.45) is 4.60. The molecule has 33 heavy (non-hydrogen) atoms. The minimum absolute atomic E-state index is 0.0633. The molecule has 7 nitrogen and oxygen atoms in total. The highest BCUT2D eigenvalue weighted by Crippen LogP contribution is 2.39. The number of aromatic nitrogens is 2. The van der Waals surface area contributed by atoms with Crippen molar-refractivity contribution in [2.75, 3.05) is 53.7 Å². The van der Waals surface area contributed by atoms with Crippen molar-refractivity contribution < 1.29 is 9.32 Å². The van der Waals surface area contributed by atoms with Gasteiger partial charge in [0, 0.05) is 42.6 Å². The third-order valence-electron chi connectivity index (χ3n) is 7.39. The second-order valence-electron chi connectivity index (χ2n) is 9.61. The lowest BCUT2D eigenvalue weighted by molar-refractivity contribution is 0.143. The molecule has 1 aliphatic carbocycles. The van der Waals surface area contributed by atoms with Gasteiger partial charge in [-0.05, 0) is 67.5 Å². The molecule has 0 bridgehead atoms. The van der Waals surface area contributed by atoms with Crippen LogP contribution >= 0.6 is 11.6 Å². The summed E-state index contributed by atoms with van der Waals surface area (Å²) in [7, 11) is -1.10. The van der Waals surface area contributed by atoms with Gasteiger partial charge in [-0.2, -0.15) is 4.98 Å². The fourth-order valence-electron chi connectivity index (χ4n) is 5.33. The Labute approximate surface area is 201 Å². The van der Waals surface area contributed by atoms with Crippen molar-refractivity contribution in [3.63, 3.8) is 0 Å². The van der Waals surface area contributed by atoms with Crippen molar-refractivity contribution in [2.45, 2.75) is 42.5 Å². The topological polar surface area (TPSA) is 81.6 Å². The first-order chi connectivity index (χ1) is 16.0. The lowest BCUT2D eigenvalue weighted by Gasteiger charge is -2.42. The summed E-state index contributed by atoms with van der Waals surface area (Å²) in [5.41, 5.74) is 4.60. The van der Waals surface area contributed by atoms with Crippen molar-refractivity contribution in [3.8, 4) is 0 Å². The number of anilines is 3. The Kier molecular flexibility index (Phi) is 5.35. The Hall–Kier alpha value is -2.16. The van der Waals surface area contributed by atoms with Crippen molar-refractivity contribution in [2.24, 2.45) is 0 Å². The van der Waals surface area contributed by atoms with E-state index in [1.54, 1.807) is 0 Å². The molecule has 1 fully saturated rings. The molecule has 1 saturated carbocycles. The van der Waals surface area contributed by atoms with Crippen molar-refractivity contribution >= 4 is 39.9 Å². The molecule has 0 amide bonds. The van der Waals surface area contributed by atoms with Gasteiger partial charge in [0.15, 0.2) is 0 Å². The summed E-state index contributed by atoms with van der Waals surface area (Å²) in [5.74, 6) is 2.02. The van der Waals surface area contributed by atoms with Crippen LogP contribution in [0.1, 0.15) is 31.4 Å². The van der Waals surface area contributed by atoms with Crippen LogP contribution in [0.3, 0.4) is 0 Å². The molecule has 174 valence electrons. The molecule has 0 radical (unpaired) electrons. The fraction of sp³-hybridized carbons (Fsp3) is 0.500. The number of aliphatic hydroxyl groups is 1. The van der Waals surface area contributed by atoms with E-state index >= 15 is 0 Å².